The van der Waals surface area contributed by atoms with E-state index in [9.17, 15) is 9.59 Å². The Labute approximate surface area is 167 Å². The van der Waals surface area contributed by atoms with Gasteiger partial charge in [-0.3, -0.25) is 19.6 Å². The molecule has 8 heteroatoms. The molecule has 0 aliphatic carbocycles. The molecule has 1 aliphatic rings. The first-order valence-electron chi connectivity index (χ1n) is 9.36. The van der Waals surface area contributed by atoms with Gasteiger partial charge in [-0.05, 0) is 29.8 Å². The number of nitrogens with one attached hydrogen (secondary N) is 2. The van der Waals surface area contributed by atoms with Gasteiger partial charge in [0.2, 0.25) is 0 Å². The second-order valence-corrected chi connectivity index (χ2v) is 6.74. The zero-order valence-corrected chi connectivity index (χ0v) is 16.4. The molecular weight excluding hydrogens is 372 g/mol. The number of rotatable bonds is 5. The van der Waals surface area contributed by atoms with Crippen molar-refractivity contribution in [1.29, 1.82) is 0 Å². The van der Waals surface area contributed by atoms with Crippen molar-refractivity contribution in [2.45, 2.75) is 25.4 Å². The molecule has 29 heavy (non-hydrogen) atoms. The van der Waals surface area contributed by atoms with Crippen LogP contribution >= 0.6 is 0 Å². The Hall–Kier alpha value is -3.39. The van der Waals surface area contributed by atoms with Gasteiger partial charge in [-0.2, -0.15) is 0 Å². The van der Waals surface area contributed by atoms with Crippen LogP contribution in [0.15, 0.2) is 47.3 Å². The average Bonchev–Trinajstić information content (AvgIpc) is 3.14. The molecule has 1 aromatic heterocycles. The number of hydrogen-bond acceptors (Lipinski definition) is 6. The zero-order valence-electron chi connectivity index (χ0n) is 16.4. The quantitative estimate of drug-likeness (QED) is 0.686. The Morgan fingerprint density at radius 2 is 1.83 bits per heavy atom. The van der Waals surface area contributed by atoms with E-state index in [-0.39, 0.29) is 11.5 Å². The van der Waals surface area contributed by atoms with Crippen LogP contribution in [0.2, 0.25) is 0 Å². The van der Waals surface area contributed by atoms with Crippen molar-refractivity contribution in [1.82, 2.24) is 20.4 Å². The van der Waals surface area contributed by atoms with Gasteiger partial charge in [0.05, 0.1) is 31.2 Å². The number of nitrogens with zero attached hydrogens (tertiary/aromatic N) is 2. The first-order valence-corrected chi connectivity index (χ1v) is 9.36. The summed E-state index contributed by atoms with van der Waals surface area (Å²) >= 11 is 0. The van der Waals surface area contributed by atoms with Crippen LogP contribution in [0.4, 0.5) is 0 Å². The van der Waals surface area contributed by atoms with Gasteiger partial charge in [-0.25, -0.2) is 10.4 Å². The average molecular weight is 394 g/mol. The summed E-state index contributed by atoms with van der Waals surface area (Å²) in [6, 6.07) is 11.3. The molecule has 1 amide bonds. The third kappa shape index (κ3) is 3.11. The van der Waals surface area contributed by atoms with Crippen molar-refractivity contribution in [2.75, 3.05) is 14.2 Å². The van der Waals surface area contributed by atoms with Gasteiger partial charge < -0.3 is 9.47 Å². The second kappa shape index (κ2) is 7.56. The third-order valence-corrected chi connectivity index (χ3v) is 5.18. The lowest BCUT2D eigenvalue weighted by Crippen LogP contribution is -2.35. The number of fused-ring (bicyclic) bond motifs is 1. The Morgan fingerprint density at radius 1 is 1.07 bits per heavy atom. The van der Waals surface area contributed by atoms with E-state index in [2.05, 4.69) is 15.8 Å². The molecule has 1 saturated heterocycles. The number of carbonyl (C=O) groups excluding carboxylic acids is 1. The van der Waals surface area contributed by atoms with Crippen LogP contribution < -0.4 is 25.9 Å². The molecule has 2 heterocycles. The first-order chi connectivity index (χ1) is 14.1. The van der Waals surface area contributed by atoms with E-state index in [1.165, 1.54) is 4.57 Å². The standard InChI is InChI=1S/C21H22N4O4/c1-4-17-22-14-8-6-5-7-13(14)21(27)25(17)19-18(23-24-20(19)26)12-9-10-15(28-2)16(11-12)29-3/h5-11,18-19,23H,4H2,1-3H3,(H,24,26). The van der Waals surface area contributed by atoms with Crippen molar-refractivity contribution < 1.29 is 14.3 Å². The molecule has 150 valence electrons. The topological polar surface area (TPSA) is 94.5 Å². The number of aromatic nitrogens is 2. The largest absolute Gasteiger partial charge is 0.493 e. The molecule has 8 nitrogen and oxygen atoms in total. The van der Waals surface area contributed by atoms with Crippen LogP contribution in [0.5, 0.6) is 11.5 Å². The molecule has 1 fully saturated rings. The Kier molecular flexibility index (Phi) is 4.94. The number of amides is 1. The second-order valence-electron chi connectivity index (χ2n) is 6.74. The number of aryl methyl sites for hydroxylation is 1. The van der Waals surface area contributed by atoms with Gasteiger partial charge in [-0.1, -0.05) is 25.1 Å². The molecule has 0 radical (unpaired) electrons. The van der Waals surface area contributed by atoms with Crippen molar-refractivity contribution in [3.8, 4) is 11.5 Å². The van der Waals surface area contributed by atoms with Crippen LogP contribution in [0.25, 0.3) is 10.9 Å². The maximum atomic E-state index is 13.3. The summed E-state index contributed by atoms with van der Waals surface area (Å²) in [5, 5.41) is 0.482. The molecule has 0 spiro atoms. The molecule has 0 bridgehead atoms. The number of ether oxygens (including phenoxy) is 2. The van der Waals surface area contributed by atoms with Crippen molar-refractivity contribution in [3.05, 3.63) is 64.2 Å². The van der Waals surface area contributed by atoms with E-state index in [0.29, 0.717) is 34.6 Å². The smallest absolute Gasteiger partial charge is 0.262 e. The van der Waals surface area contributed by atoms with Crippen LogP contribution in [0.1, 0.15) is 30.4 Å². The minimum Gasteiger partial charge on any atom is -0.493 e. The molecule has 4 rings (SSSR count). The minimum absolute atomic E-state index is 0.234. The lowest BCUT2D eigenvalue weighted by Gasteiger charge is -2.23. The van der Waals surface area contributed by atoms with E-state index < -0.39 is 12.1 Å². The summed E-state index contributed by atoms with van der Waals surface area (Å²) in [4.78, 5) is 30.7. The molecule has 2 unspecified atom stereocenters. The van der Waals surface area contributed by atoms with Gasteiger partial charge in [-0.15, -0.1) is 0 Å². The lowest BCUT2D eigenvalue weighted by atomic mass is 9.99. The van der Waals surface area contributed by atoms with Crippen LogP contribution in [-0.4, -0.2) is 29.7 Å². The van der Waals surface area contributed by atoms with E-state index in [1.807, 2.05) is 19.1 Å². The van der Waals surface area contributed by atoms with Crippen LogP contribution in [0, 0.1) is 0 Å². The van der Waals surface area contributed by atoms with Gasteiger partial charge in [0.15, 0.2) is 11.5 Å². The molecule has 2 N–H and O–H groups in total. The normalized spacial score (nSPS) is 18.7. The van der Waals surface area contributed by atoms with Gasteiger partial charge in [0.25, 0.3) is 11.5 Å². The maximum Gasteiger partial charge on any atom is 0.262 e. The van der Waals surface area contributed by atoms with Gasteiger partial charge in [0, 0.05) is 6.42 Å². The number of hydrogen-bond donors (Lipinski definition) is 2. The van der Waals surface area contributed by atoms with E-state index in [4.69, 9.17) is 9.47 Å². The number of carbonyl (C=O) groups is 1. The fourth-order valence-corrected chi connectivity index (χ4v) is 3.76. The Morgan fingerprint density at radius 3 is 2.55 bits per heavy atom. The summed E-state index contributed by atoms with van der Waals surface area (Å²) in [5.74, 6) is 1.40. The van der Waals surface area contributed by atoms with Crippen LogP contribution in [-0.2, 0) is 11.2 Å². The summed E-state index contributed by atoms with van der Waals surface area (Å²) in [5.41, 5.74) is 6.84. The van der Waals surface area contributed by atoms with E-state index in [1.54, 1.807) is 44.6 Å². The monoisotopic (exact) mass is 394 g/mol. The number of para-hydroxylation sites is 1. The van der Waals surface area contributed by atoms with Crippen molar-refractivity contribution in [2.24, 2.45) is 0 Å². The summed E-state index contributed by atoms with van der Waals surface area (Å²) in [7, 11) is 3.12. The SMILES string of the molecule is CCc1nc2ccccc2c(=O)n1C1C(=O)NNC1c1ccc(OC)c(OC)c1. The summed E-state index contributed by atoms with van der Waals surface area (Å²) in [6.45, 7) is 1.92. The highest BCUT2D eigenvalue weighted by Crippen LogP contribution is 2.35. The predicted molar refractivity (Wildman–Crippen MR) is 108 cm³/mol. The molecule has 0 saturated carbocycles. The minimum atomic E-state index is -0.785. The van der Waals surface area contributed by atoms with Gasteiger partial charge in [0.1, 0.15) is 11.9 Å². The van der Waals surface area contributed by atoms with E-state index in [0.717, 1.165) is 5.56 Å². The Balaban J connectivity index is 1.88. The molecule has 1 aliphatic heterocycles. The van der Waals surface area contributed by atoms with Crippen molar-refractivity contribution in [3.63, 3.8) is 0 Å². The predicted octanol–water partition coefficient (Wildman–Crippen LogP) is 1.89. The molecular formula is C21H22N4O4. The lowest BCUT2D eigenvalue weighted by molar-refractivity contribution is -0.122. The van der Waals surface area contributed by atoms with Gasteiger partial charge >= 0.3 is 0 Å². The fourth-order valence-electron chi connectivity index (χ4n) is 3.76. The summed E-state index contributed by atoms with van der Waals surface area (Å²) < 4.78 is 12.2. The zero-order chi connectivity index (χ0) is 20.5. The summed E-state index contributed by atoms with van der Waals surface area (Å²) in [6.07, 6.45) is 0.516. The molecule has 3 aromatic rings. The first kappa shape index (κ1) is 18.9. The fraction of sp³-hybridized carbons (Fsp3) is 0.286. The Bertz CT molecular complexity index is 1140. The van der Waals surface area contributed by atoms with E-state index >= 15 is 0 Å². The third-order valence-electron chi connectivity index (χ3n) is 5.18. The number of benzene rings is 2. The molecule has 2 atom stereocenters. The highest BCUT2D eigenvalue weighted by Gasteiger charge is 2.39. The maximum absolute atomic E-state index is 13.3. The van der Waals surface area contributed by atoms with Crippen molar-refractivity contribution >= 4 is 16.8 Å². The number of hydrazine groups is 1. The van der Waals surface area contributed by atoms with Crippen LogP contribution in [0.3, 0.4) is 0 Å². The molecule has 2 aromatic carbocycles. The highest BCUT2D eigenvalue weighted by molar-refractivity contribution is 5.84. The highest BCUT2D eigenvalue weighted by atomic mass is 16.5. The number of methoxy groups -OCH3 is 2.